The van der Waals surface area contributed by atoms with Crippen molar-refractivity contribution >= 4 is 5.97 Å². The van der Waals surface area contributed by atoms with Gasteiger partial charge in [0.2, 0.25) is 0 Å². The molecule has 88 valence electrons. The number of aliphatic carboxylic acids is 1. The number of benzene rings is 1. The van der Waals surface area contributed by atoms with Gasteiger partial charge in [-0.2, -0.15) is 0 Å². The minimum atomic E-state index is -0.962. The van der Waals surface area contributed by atoms with Gasteiger partial charge < -0.3 is 14.6 Å². The topological polar surface area (TPSA) is 55.8 Å². The lowest BCUT2D eigenvalue weighted by atomic mass is 10.2. The van der Waals surface area contributed by atoms with Crippen molar-refractivity contribution in [1.29, 1.82) is 0 Å². The van der Waals surface area contributed by atoms with E-state index >= 15 is 0 Å². The molecule has 4 heteroatoms. The molecule has 0 saturated carbocycles. The van der Waals surface area contributed by atoms with Gasteiger partial charge in [-0.1, -0.05) is 18.2 Å². The minimum absolute atomic E-state index is 0.266. The third-order valence-electron chi connectivity index (χ3n) is 2.15. The Hall–Kier alpha value is -1.55. The van der Waals surface area contributed by atoms with E-state index in [4.69, 9.17) is 14.6 Å². The monoisotopic (exact) mass is 224 g/mol. The maximum absolute atomic E-state index is 10.5. The van der Waals surface area contributed by atoms with Gasteiger partial charge in [0.25, 0.3) is 0 Å². The molecule has 0 aliphatic heterocycles. The van der Waals surface area contributed by atoms with Crippen molar-refractivity contribution in [3.05, 3.63) is 29.8 Å². The van der Waals surface area contributed by atoms with Crippen LogP contribution in [0.4, 0.5) is 0 Å². The van der Waals surface area contributed by atoms with Crippen molar-refractivity contribution in [3.8, 4) is 5.75 Å². The molecule has 1 atom stereocenters. The van der Waals surface area contributed by atoms with Gasteiger partial charge in [-0.15, -0.1) is 0 Å². The van der Waals surface area contributed by atoms with Crippen LogP contribution in [-0.4, -0.2) is 30.4 Å². The maximum Gasteiger partial charge on any atom is 0.332 e. The van der Waals surface area contributed by atoms with Gasteiger partial charge in [-0.3, -0.25) is 0 Å². The zero-order valence-electron chi connectivity index (χ0n) is 9.47. The van der Waals surface area contributed by atoms with Gasteiger partial charge >= 0.3 is 5.97 Å². The average Bonchev–Trinajstić information content (AvgIpc) is 2.26. The van der Waals surface area contributed by atoms with Gasteiger partial charge in [-0.05, 0) is 25.5 Å². The molecule has 1 aromatic carbocycles. The first-order valence-electron chi connectivity index (χ1n) is 5.14. The van der Waals surface area contributed by atoms with Crippen LogP contribution in [0.15, 0.2) is 24.3 Å². The molecular weight excluding hydrogens is 208 g/mol. The zero-order valence-corrected chi connectivity index (χ0v) is 9.47. The normalized spacial score (nSPS) is 12.1. The molecule has 0 aliphatic rings. The van der Waals surface area contributed by atoms with Gasteiger partial charge in [0, 0.05) is 0 Å². The molecule has 0 fully saturated rings. The Labute approximate surface area is 94.8 Å². The van der Waals surface area contributed by atoms with E-state index in [0.717, 1.165) is 11.3 Å². The van der Waals surface area contributed by atoms with Crippen LogP contribution < -0.4 is 4.74 Å². The first-order valence-corrected chi connectivity index (χ1v) is 5.14. The van der Waals surface area contributed by atoms with Crippen molar-refractivity contribution in [2.75, 3.05) is 13.2 Å². The van der Waals surface area contributed by atoms with Gasteiger partial charge in [0.1, 0.15) is 12.4 Å². The van der Waals surface area contributed by atoms with Gasteiger partial charge in [0.05, 0.1) is 6.61 Å². The third kappa shape index (κ3) is 3.90. The molecule has 0 radical (unpaired) electrons. The molecule has 1 aromatic rings. The Morgan fingerprint density at radius 2 is 2.06 bits per heavy atom. The summed E-state index contributed by atoms with van der Waals surface area (Å²) in [6.07, 6.45) is -0.791. The van der Waals surface area contributed by atoms with Crippen molar-refractivity contribution in [2.45, 2.75) is 20.0 Å². The summed E-state index contributed by atoms with van der Waals surface area (Å²) in [6.45, 7) is 4.07. The lowest BCUT2D eigenvalue weighted by Gasteiger charge is -2.11. The summed E-state index contributed by atoms with van der Waals surface area (Å²) < 4.78 is 10.5. The Bertz CT molecular complexity index is 349. The highest BCUT2D eigenvalue weighted by molar-refractivity contribution is 5.71. The van der Waals surface area contributed by atoms with Crippen LogP contribution in [0, 0.1) is 6.92 Å². The van der Waals surface area contributed by atoms with E-state index in [1.807, 2.05) is 31.2 Å². The molecule has 16 heavy (non-hydrogen) atoms. The first kappa shape index (κ1) is 12.5. The number of aryl methyl sites for hydroxylation is 1. The van der Waals surface area contributed by atoms with Crippen molar-refractivity contribution < 1.29 is 19.4 Å². The van der Waals surface area contributed by atoms with Crippen LogP contribution in [0.3, 0.4) is 0 Å². The molecule has 0 heterocycles. The lowest BCUT2D eigenvalue weighted by Crippen LogP contribution is -2.22. The lowest BCUT2D eigenvalue weighted by molar-refractivity contribution is -0.149. The molecule has 0 amide bonds. The molecule has 1 rings (SSSR count). The number of carbonyl (C=O) groups is 1. The highest BCUT2D eigenvalue weighted by atomic mass is 16.5. The van der Waals surface area contributed by atoms with E-state index in [1.54, 1.807) is 0 Å². The Morgan fingerprint density at radius 3 is 2.69 bits per heavy atom. The van der Waals surface area contributed by atoms with E-state index in [0.29, 0.717) is 6.61 Å². The molecular formula is C12H16O4. The summed E-state index contributed by atoms with van der Waals surface area (Å²) in [4.78, 5) is 10.5. The highest BCUT2D eigenvalue weighted by Gasteiger charge is 2.10. The number of hydrogen-bond acceptors (Lipinski definition) is 3. The molecule has 0 aliphatic carbocycles. The van der Waals surface area contributed by atoms with Crippen molar-refractivity contribution in [1.82, 2.24) is 0 Å². The number of carboxylic acid groups (broad SMARTS) is 1. The average molecular weight is 224 g/mol. The van der Waals surface area contributed by atoms with E-state index < -0.39 is 12.1 Å². The third-order valence-corrected chi connectivity index (χ3v) is 2.15. The number of rotatable bonds is 6. The number of hydrogen-bond donors (Lipinski definition) is 1. The summed E-state index contributed by atoms with van der Waals surface area (Å²) in [5.41, 5.74) is 1.05. The summed E-state index contributed by atoms with van der Waals surface area (Å²) in [6, 6.07) is 7.65. The van der Waals surface area contributed by atoms with Crippen LogP contribution in [0.25, 0.3) is 0 Å². The van der Waals surface area contributed by atoms with E-state index in [-0.39, 0.29) is 6.61 Å². The summed E-state index contributed by atoms with van der Waals surface area (Å²) in [7, 11) is 0. The highest BCUT2D eigenvalue weighted by Crippen LogP contribution is 2.15. The molecule has 0 aromatic heterocycles. The standard InChI is InChI=1S/C12H16O4/c1-9-5-3-4-6-11(9)16-8-7-15-10(2)12(13)14/h3-6,10H,7-8H2,1-2H3,(H,13,14)/t10-/m1/s1. The zero-order chi connectivity index (χ0) is 12.0. The van der Waals surface area contributed by atoms with Gasteiger partial charge in [-0.25, -0.2) is 4.79 Å². The second kappa shape index (κ2) is 6.12. The van der Waals surface area contributed by atoms with Crippen LogP contribution in [0.2, 0.25) is 0 Å². The molecule has 4 nitrogen and oxygen atoms in total. The van der Waals surface area contributed by atoms with Crippen LogP contribution in [-0.2, 0) is 9.53 Å². The number of ether oxygens (including phenoxy) is 2. The largest absolute Gasteiger partial charge is 0.491 e. The quantitative estimate of drug-likeness (QED) is 0.749. The van der Waals surface area contributed by atoms with Gasteiger partial charge in [0.15, 0.2) is 6.10 Å². The molecule has 0 unspecified atom stereocenters. The van der Waals surface area contributed by atoms with Crippen molar-refractivity contribution in [2.24, 2.45) is 0 Å². The van der Waals surface area contributed by atoms with Crippen LogP contribution >= 0.6 is 0 Å². The fraction of sp³-hybridized carbons (Fsp3) is 0.417. The first-order chi connectivity index (χ1) is 7.61. The molecule has 0 spiro atoms. The Kier molecular flexibility index (Phi) is 4.79. The number of para-hydroxylation sites is 1. The second-order valence-electron chi connectivity index (χ2n) is 3.47. The fourth-order valence-corrected chi connectivity index (χ4v) is 1.17. The fourth-order valence-electron chi connectivity index (χ4n) is 1.17. The van der Waals surface area contributed by atoms with Crippen molar-refractivity contribution in [3.63, 3.8) is 0 Å². The summed E-state index contributed by atoms with van der Waals surface area (Å²) >= 11 is 0. The second-order valence-corrected chi connectivity index (χ2v) is 3.47. The van der Waals surface area contributed by atoms with Crippen LogP contribution in [0.1, 0.15) is 12.5 Å². The minimum Gasteiger partial charge on any atom is -0.491 e. The van der Waals surface area contributed by atoms with E-state index in [1.165, 1.54) is 6.92 Å². The Morgan fingerprint density at radius 1 is 1.38 bits per heavy atom. The van der Waals surface area contributed by atoms with E-state index in [9.17, 15) is 4.79 Å². The summed E-state index contributed by atoms with van der Waals surface area (Å²) in [5, 5.41) is 8.58. The maximum atomic E-state index is 10.5. The molecule has 0 bridgehead atoms. The molecule has 0 saturated heterocycles. The van der Waals surface area contributed by atoms with Crippen LogP contribution in [0.5, 0.6) is 5.75 Å². The predicted molar refractivity (Wildman–Crippen MR) is 59.7 cm³/mol. The number of carboxylic acids is 1. The predicted octanol–water partition coefficient (Wildman–Crippen LogP) is 1.86. The molecule has 1 N–H and O–H groups in total. The smallest absolute Gasteiger partial charge is 0.332 e. The van der Waals surface area contributed by atoms with E-state index in [2.05, 4.69) is 0 Å². The summed E-state index contributed by atoms with van der Waals surface area (Å²) in [5.74, 6) is -0.162. The SMILES string of the molecule is Cc1ccccc1OCCO[C@H](C)C(=O)O. The Balaban J connectivity index is 2.26.